The third-order valence-corrected chi connectivity index (χ3v) is 10.4. The lowest BCUT2D eigenvalue weighted by Crippen LogP contribution is -2.55. The lowest BCUT2D eigenvalue weighted by Gasteiger charge is -2.25. The Morgan fingerprint density at radius 3 is 2.50 bits per heavy atom. The lowest BCUT2D eigenvalue weighted by molar-refractivity contribution is -0.130. The van der Waals surface area contributed by atoms with Crippen LogP contribution in [0.2, 0.25) is 0 Å². The van der Waals surface area contributed by atoms with E-state index in [1.165, 1.54) is 0 Å². The first-order chi connectivity index (χ1) is 20.1. The molecule has 4 atom stereocenters. The number of pyridine rings is 1. The number of likely N-dealkylation sites (N-methyl/N-ethyl adjacent to an activating group) is 1. The molecule has 42 heavy (non-hydrogen) atoms. The van der Waals surface area contributed by atoms with E-state index >= 15 is 0 Å². The van der Waals surface area contributed by atoms with Crippen molar-refractivity contribution in [2.45, 2.75) is 48.6 Å². The highest BCUT2D eigenvalue weighted by Crippen LogP contribution is 2.45. The van der Waals surface area contributed by atoms with E-state index in [1.54, 1.807) is 18.0 Å². The fourth-order valence-corrected chi connectivity index (χ4v) is 7.06. The van der Waals surface area contributed by atoms with Crippen LogP contribution in [0, 0.1) is 5.92 Å². The van der Waals surface area contributed by atoms with Gasteiger partial charge in [-0.1, -0.05) is 54.6 Å². The number of benzene rings is 2. The van der Waals surface area contributed by atoms with Crippen molar-refractivity contribution >= 4 is 38.6 Å². The maximum absolute atomic E-state index is 13.9. The first-order valence-electron chi connectivity index (χ1n) is 14.1. The summed E-state index contributed by atoms with van der Waals surface area (Å²) in [6.45, 7) is 4.12. The number of carbonyl (C=O) groups excluding carboxylic acids is 3. The van der Waals surface area contributed by atoms with Gasteiger partial charge in [0.2, 0.25) is 15.9 Å². The number of hydrogen-bond donors (Lipinski definition) is 3. The number of para-hydroxylation sites is 1. The molecular weight excluding hydrogens is 554 g/mol. The maximum atomic E-state index is 13.9. The number of fused-ring (bicyclic) bond motifs is 1. The summed E-state index contributed by atoms with van der Waals surface area (Å²) in [5.41, 5.74) is 1.49. The van der Waals surface area contributed by atoms with Crippen molar-refractivity contribution < 1.29 is 22.8 Å². The largest absolute Gasteiger partial charge is 0.340 e. The molecule has 3 amide bonds. The Morgan fingerprint density at radius 1 is 1.10 bits per heavy atom. The number of amides is 3. The van der Waals surface area contributed by atoms with Crippen LogP contribution < -0.4 is 15.4 Å². The van der Waals surface area contributed by atoms with E-state index in [9.17, 15) is 22.8 Å². The van der Waals surface area contributed by atoms with E-state index < -0.39 is 38.7 Å². The second-order valence-electron chi connectivity index (χ2n) is 11.4. The van der Waals surface area contributed by atoms with Crippen molar-refractivity contribution in [3.8, 4) is 11.3 Å². The van der Waals surface area contributed by atoms with Gasteiger partial charge in [-0.2, -0.15) is 0 Å². The lowest BCUT2D eigenvalue weighted by atomic mass is 10.0. The average molecular weight is 588 g/mol. The molecule has 1 aromatic heterocycles. The third-order valence-electron chi connectivity index (χ3n) is 8.56. The molecule has 2 aliphatic carbocycles. The molecule has 11 heteroatoms. The number of rotatable bonds is 9. The summed E-state index contributed by atoms with van der Waals surface area (Å²) in [5, 5.41) is 6.16. The van der Waals surface area contributed by atoms with Crippen molar-refractivity contribution in [1.82, 2.24) is 25.2 Å². The van der Waals surface area contributed by atoms with Crippen LogP contribution in [0.5, 0.6) is 0 Å². The summed E-state index contributed by atoms with van der Waals surface area (Å²) >= 11 is 0. The molecule has 3 aliphatic rings. The molecule has 1 saturated heterocycles. The Morgan fingerprint density at radius 2 is 1.81 bits per heavy atom. The Balaban J connectivity index is 1.17. The molecule has 6 rings (SSSR count). The van der Waals surface area contributed by atoms with Crippen LogP contribution in [0.1, 0.15) is 36.0 Å². The number of carbonyl (C=O) groups is 3. The average Bonchev–Trinajstić information content (AvgIpc) is 3.92. The van der Waals surface area contributed by atoms with E-state index in [0.29, 0.717) is 42.6 Å². The van der Waals surface area contributed by atoms with Crippen LogP contribution in [0.3, 0.4) is 0 Å². The summed E-state index contributed by atoms with van der Waals surface area (Å²) < 4.78 is 26.9. The fourth-order valence-electron chi connectivity index (χ4n) is 5.70. The van der Waals surface area contributed by atoms with Gasteiger partial charge in [-0.3, -0.25) is 19.1 Å². The topological polar surface area (TPSA) is 138 Å². The van der Waals surface area contributed by atoms with Crippen LogP contribution in [0.15, 0.2) is 73.3 Å². The van der Waals surface area contributed by atoms with Gasteiger partial charge in [0.05, 0.1) is 28.1 Å². The summed E-state index contributed by atoms with van der Waals surface area (Å²) in [7, 11) is -2.04. The van der Waals surface area contributed by atoms with Gasteiger partial charge in [0.25, 0.3) is 11.8 Å². The van der Waals surface area contributed by atoms with E-state index in [2.05, 4.69) is 21.9 Å². The van der Waals surface area contributed by atoms with Crippen LogP contribution in [0.25, 0.3) is 22.2 Å². The Labute approximate surface area is 244 Å². The van der Waals surface area contributed by atoms with Gasteiger partial charge in [-0.15, -0.1) is 6.58 Å². The smallest absolute Gasteiger partial charge is 0.259 e. The Hall–Kier alpha value is -4.09. The molecular formula is C31H33N5O5S. The minimum atomic E-state index is -3.76. The number of hydrogen-bond acceptors (Lipinski definition) is 7. The molecule has 10 nitrogen and oxygen atoms in total. The molecule has 3 N–H and O–H groups in total. The molecule has 0 bridgehead atoms. The zero-order chi connectivity index (χ0) is 29.6. The minimum Gasteiger partial charge on any atom is -0.340 e. The molecule has 3 aromatic rings. The van der Waals surface area contributed by atoms with Crippen molar-refractivity contribution in [3.63, 3.8) is 0 Å². The van der Waals surface area contributed by atoms with Crippen LogP contribution in [-0.2, 0) is 19.6 Å². The minimum absolute atomic E-state index is 0.186. The zero-order valence-corrected chi connectivity index (χ0v) is 24.1. The number of nitrogens with zero attached hydrogens (tertiary/aromatic N) is 2. The first-order valence-corrected chi connectivity index (χ1v) is 15.6. The zero-order valence-electron chi connectivity index (χ0n) is 23.2. The molecule has 0 radical (unpaired) electrons. The number of sulfonamides is 1. The normalized spacial score (nSPS) is 25.0. The standard InChI is InChI=1S/C31H33N5O5S/c1-3-20-17-31(20,30(39)35-42(40,41)22-13-14-22)34-28(37)27-15-21(18-32-27)36(2)29(38)24-16-26(19-9-5-4-6-10-19)33-25-12-8-7-11-23(24)25/h3-12,16,20-22,27,32H,1,13-15,17-18H2,2H3,(H,34,37)(H,35,39)/t20?,21?,27-,31?/m0/s1. The number of aromatic nitrogens is 1. The van der Waals surface area contributed by atoms with Crippen LogP contribution in [-0.4, -0.2) is 72.5 Å². The second kappa shape index (κ2) is 10.6. The summed E-state index contributed by atoms with van der Waals surface area (Å²) in [5.74, 6) is -1.69. The summed E-state index contributed by atoms with van der Waals surface area (Å²) in [4.78, 5) is 46.6. The van der Waals surface area contributed by atoms with Gasteiger partial charge in [-0.05, 0) is 37.8 Å². The van der Waals surface area contributed by atoms with Gasteiger partial charge in [0.1, 0.15) is 5.54 Å². The highest BCUT2D eigenvalue weighted by atomic mass is 32.2. The van der Waals surface area contributed by atoms with Crippen molar-refractivity contribution in [3.05, 3.63) is 78.9 Å². The molecule has 2 saturated carbocycles. The molecule has 1 aliphatic heterocycles. The van der Waals surface area contributed by atoms with Crippen LogP contribution in [0.4, 0.5) is 0 Å². The van der Waals surface area contributed by atoms with E-state index in [0.717, 1.165) is 10.9 Å². The van der Waals surface area contributed by atoms with Gasteiger partial charge in [0.15, 0.2) is 0 Å². The SMILES string of the molecule is C=CC1CC1(NC(=O)[C@@H]1CC(N(C)C(=O)c2cc(-c3ccccc3)nc3ccccc23)CN1)C(=O)NS(=O)(=O)C1CC1. The first kappa shape index (κ1) is 28.0. The number of nitrogens with one attached hydrogen (secondary N) is 3. The molecule has 218 valence electrons. The van der Waals surface area contributed by atoms with Crippen LogP contribution >= 0.6 is 0 Å². The summed E-state index contributed by atoms with van der Waals surface area (Å²) in [6, 6.07) is 18.1. The third kappa shape index (κ3) is 5.18. The Bertz CT molecular complexity index is 1690. The maximum Gasteiger partial charge on any atom is 0.259 e. The van der Waals surface area contributed by atoms with Gasteiger partial charge in [0, 0.05) is 36.5 Å². The molecule has 2 aromatic carbocycles. The molecule has 3 fully saturated rings. The second-order valence-corrected chi connectivity index (χ2v) is 13.3. The van der Waals surface area contributed by atoms with Gasteiger partial charge < -0.3 is 15.5 Å². The van der Waals surface area contributed by atoms with Gasteiger partial charge >= 0.3 is 0 Å². The Kier molecular flexibility index (Phi) is 7.10. The van der Waals surface area contributed by atoms with E-state index in [4.69, 9.17) is 4.98 Å². The van der Waals surface area contributed by atoms with E-state index in [1.807, 2.05) is 60.7 Å². The highest BCUT2D eigenvalue weighted by Gasteiger charge is 2.61. The quantitative estimate of drug-likeness (QED) is 0.327. The predicted octanol–water partition coefficient (Wildman–Crippen LogP) is 2.37. The monoisotopic (exact) mass is 587 g/mol. The van der Waals surface area contributed by atoms with E-state index in [-0.39, 0.29) is 24.3 Å². The van der Waals surface area contributed by atoms with Gasteiger partial charge in [-0.25, -0.2) is 13.4 Å². The molecule has 3 unspecified atom stereocenters. The van der Waals surface area contributed by atoms with Crippen molar-refractivity contribution in [2.75, 3.05) is 13.6 Å². The summed E-state index contributed by atoms with van der Waals surface area (Å²) in [6.07, 6.45) is 3.22. The highest BCUT2D eigenvalue weighted by molar-refractivity contribution is 7.91. The van der Waals surface area contributed by atoms with Crippen molar-refractivity contribution in [1.29, 1.82) is 0 Å². The predicted molar refractivity (Wildman–Crippen MR) is 159 cm³/mol. The fraction of sp³-hybridized carbons (Fsp3) is 0.355. The van der Waals surface area contributed by atoms with Crippen molar-refractivity contribution in [2.24, 2.45) is 5.92 Å². The molecule has 2 heterocycles. The molecule has 0 spiro atoms.